The molecule has 0 amide bonds. The molecule has 2 rings (SSSR count). The molecule has 0 bridgehead atoms. The lowest BCUT2D eigenvalue weighted by Gasteiger charge is -2.30. The zero-order chi connectivity index (χ0) is 12.4. The van der Waals surface area contributed by atoms with Crippen LogP contribution in [-0.2, 0) is 0 Å². The molecule has 0 heterocycles. The van der Waals surface area contributed by atoms with Gasteiger partial charge >= 0.3 is 0 Å². The molecule has 94 valence electrons. The molecule has 1 saturated carbocycles. The van der Waals surface area contributed by atoms with Crippen molar-refractivity contribution in [2.45, 2.75) is 44.7 Å². The maximum atomic E-state index is 6.06. The lowest BCUT2D eigenvalue weighted by atomic mass is 10.0. The van der Waals surface area contributed by atoms with Crippen LogP contribution in [-0.4, -0.2) is 13.1 Å². The van der Waals surface area contributed by atoms with Crippen molar-refractivity contribution in [3.63, 3.8) is 0 Å². The van der Waals surface area contributed by atoms with Gasteiger partial charge in [0.25, 0.3) is 0 Å². The molecule has 1 aromatic rings. The van der Waals surface area contributed by atoms with Gasteiger partial charge in [0.05, 0.1) is 0 Å². The topological polar surface area (TPSA) is 29.3 Å². The Morgan fingerprint density at radius 2 is 2.00 bits per heavy atom. The van der Waals surface area contributed by atoms with E-state index in [1.807, 2.05) is 0 Å². The molecule has 2 nitrogen and oxygen atoms in total. The first-order valence-corrected chi connectivity index (χ1v) is 7.16. The highest BCUT2D eigenvalue weighted by Crippen LogP contribution is 2.33. The SMILES string of the molecule is CC(N)c1ccc(Br)cc1N(C)C1CCCC1. The second-order valence-electron chi connectivity index (χ2n) is 5.04. The predicted molar refractivity (Wildman–Crippen MR) is 77.4 cm³/mol. The first-order chi connectivity index (χ1) is 8.09. The average molecular weight is 297 g/mol. The standard InChI is InChI=1S/C14H21BrN2/c1-10(16)13-8-7-11(15)9-14(13)17(2)12-5-3-4-6-12/h7-10,12H,3-6,16H2,1-2H3. The molecule has 2 N–H and O–H groups in total. The van der Waals surface area contributed by atoms with Crippen LogP contribution in [0.3, 0.4) is 0 Å². The lowest BCUT2D eigenvalue weighted by molar-refractivity contribution is 0.646. The molecule has 0 spiro atoms. The fraction of sp³-hybridized carbons (Fsp3) is 0.571. The highest BCUT2D eigenvalue weighted by atomic mass is 79.9. The molecule has 1 aliphatic rings. The minimum absolute atomic E-state index is 0.0851. The second-order valence-corrected chi connectivity index (χ2v) is 5.96. The van der Waals surface area contributed by atoms with Crippen molar-refractivity contribution in [1.29, 1.82) is 0 Å². The van der Waals surface area contributed by atoms with Crippen LogP contribution in [0.1, 0.15) is 44.2 Å². The molecule has 0 radical (unpaired) electrons. The zero-order valence-corrected chi connectivity index (χ0v) is 12.2. The summed E-state index contributed by atoms with van der Waals surface area (Å²) in [5.41, 5.74) is 8.58. The quantitative estimate of drug-likeness (QED) is 0.918. The van der Waals surface area contributed by atoms with E-state index < -0.39 is 0 Å². The van der Waals surface area contributed by atoms with E-state index in [9.17, 15) is 0 Å². The first kappa shape index (κ1) is 12.9. The predicted octanol–water partition coefficient (Wildman–Crippen LogP) is 3.85. The maximum absolute atomic E-state index is 6.06. The highest BCUT2D eigenvalue weighted by molar-refractivity contribution is 9.10. The van der Waals surface area contributed by atoms with Crippen LogP contribution in [0.25, 0.3) is 0 Å². The van der Waals surface area contributed by atoms with E-state index in [2.05, 4.69) is 53.0 Å². The Labute approximate surface area is 112 Å². The monoisotopic (exact) mass is 296 g/mol. The maximum Gasteiger partial charge on any atom is 0.0425 e. The summed E-state index contributed by atoms with van der Waals surface area (Å²) >= 11 is 3.55. The molecule has 1 atom stereocenters. The second kappa shape index (κ2) is 5.40. The van der Waals surface area contributed by atoms with Crippen molar-refractivity contribution in [2.24, 2.45) is 5.73 Å². The number of nitrogens with two attached hydrogens (primary N) is 1. The number of benzene rings is 1. The largest absolute Gasteiger partial charge is 0.371 e. The minimum atomic E-state index is 0.0851. The number of hydrogen-bond donors (Lipinski definition) is 1. The van der Waals surface area contributed by atoms with Gasteiger partial charge in [-0.25, -0.2) is 0 Å². The van der Waals surface area contributed by atoms with E-state index in [1.54, 1.807) is 0 Å². The van der Waals surface area contributed by atoms with Crippen molar-refractivity contribution in [3.8, 4) is 0 Å². The molecule has 0 saturated heterocycles. The van der Waals surface area contributed by atoms with E-state index >= 15 is 0 Å². The average Bonchev–Trinajstić information content (AvgIpc) is 2.80. The Morgan fingerprint density at radius 3 is 2.59 bits per heavy atom. The van der Waals surface area contributed by atoms with Crippen LogP contribution in [0.5, 0.6) is 0 Å². The van der Waals surface area contributed by atoms with Gasteiger partial charge in [-0.3, -0.25) is 0 Å². The van der Waals surface area contributed by atoms with Gasteiger partial charge in [-0.1, -0.05) is 34.8 Å². The van der Waals surface area contributed by atoms with Crippen LogP contribution in [0.15, 0.2) is 22.7 Å². The first-order valence-electron chi connectivity index (χ1n) is 6.37. The fourth-order valence-corrected chi connectivity index (χ4v) is 3.04. The van der Waals surface area contributed by atoms with Crippen molar-refractivity contribution >= 4 is 21.6 Å². The number of anilines is 1. The van der Waals surface area contributed by atoms with E-state index in [4.69, 9.17) is 5.73 Å². The molecule has 1 aliphatic carbocycles. The van der Waals surface area contributed by atoms with Gasteiger partial charge in [-0.05, 0) is 37.5 Å². The van der Waals surface area contributed by atoms with Crippen molar-refractivity contribution in [2.75, 3.05) is 11.9 Å². The Kier molecular flexibility index (Phi) is 4.10. The van der Waals surface area contributed by atoms with Crippen LogP contribution in [0.2, 0.25) is 0 Å². The number of hydrogen-bond acceptors (Lipinski definition) is 2. The van der Waals surface area contributed by atoms with Gasteiger partial charge in [0.15, 0.2) is 0 Å². The summed E-state index contributed by atoms with van der Waals surface area (Å²) in [5.74, 6) is 0. The van der Waals surface area contributed by atoms with Crippen LogP contribution in [0.4, 0.5) is 5.69 Å². The smallest absolute Gasteiger partial charge is 0.0425 e. The molecule has 0 aromatic heterocycles. The third-order valence-electron chi connectivity index (χ3n) is 3.74. The Hall–Kier alpha value is -0.540. The normalized spacial score (nSPS) is 18.4. The number of nitrogens with zero attached hydrogens (tertiary/aromatic N) is 1. The van der Waals surface area contributed by atoms with Gasteiger partial charge in [0.1, 0.15) is 0 Å². The fourth-order valence-electron chi connectivity index (χ4n) is 2.70. The molecule has 17 heavy (non-hydrogen) atoms. The summed E-state index contributed by atoms with van der Waals surface area (Å²) < 4.78 is 1.13. The molecule has 1 fully saturated rings. The van der Waals surface area contributed by atoms with Crippen molar-refractivity contribution in [1.82, 2.24) is 0 Å². The van der Waals surface area contributed by atoms with Gasteiger partial charge < -0.3 is 10.6 Å². The molecular formula is C14H21BrN2. The lowest BCUT2D eigenvalue weighted by Crippen LogP contribution is -2.30. The van der Waals surface area contributed by atoms with E-state index in [-0.39, 0.29) is 6.04 Å². The molecule has 1 aromatic carbocycles. The summed E-state index contributed by atoms with van der Waals surface area (Å²) in [6.07, 6.45) is 5.33. The van der Waals surface area contributed by atoms with Gasteiger partial charge in [-0.2, -0.15) is 0 Å². The molecular weight excluding hydrogens is 276 g/mol. The highest BCUT2D eigenvalue weighted by Gasteiger charge is 2.22. The van der Waals surface area contributed by atoms with Gasteiger partial charge in [0, 0.05) is 29.3 Å². The minimum Gasteiger partial charge on any atom is -0.371 e. The van der Waals surface area contributed by atoms with Crippen LogP contribution < -0.4 is 10.6 Å². The van der Waals surface area contributed by atoms with E-state index in [0.717, 1.165) is 4.47 Å². The van der Waals surface area contributed by atoms with Gasteiger partial charge in [-0.15, -0.1) is 0 Å². The zero-order valence-electron chi connectivity index (χ0n) is 10.6. The van der Waals surface area contributed by atoms with Crippen molar-refractivity contribution < 1.29 is 0 Å². The number of halogens is 1. The van der Waals surface area contributed by atoms with Crippen LogP contribution >= 0.6 is 15.9 Å². The molecule has 1 unspecified atom stereocenters. The summed E-state index contributed by atoms with van der Waals surface area (Å²) in [5, 5.41) is 0. The summed E-state index contributed by atoms with van der Waals surface area (Å²) in [6.45, 7) is 2.05. The Morgan fingerprint density at radius 1 is 1.35 bits per heavy atom. The van der Waals surface area contributed by atoms with E-state index in [0.29, 0.717) is 6.04 Å². The van der Waals surface area contributed by atoms with Crippen molar-refractivity contribution in [3.05, 3.63) is 28.2 Å². The third-order valence-corrected chi connectivity index (χ3v) is 4.23. The molecule has 0 aliphatic heterocycles. The van der Waals surface area contributed by atoms with Crippen LogP contribution in [0, 0.1) is 0 Å². The summed E-state index contributed by atoms with van der Waals surface area (Å²) in [4.78, 5) is 2.41. The van der Waals surface area contributed by atoms with Gasteiger partial charge in [0.2, 0.25) is 0 Å². The molecule has 3 heteroatoms. The number of rotatable bonds is 3. The Balaban J connectivity index is 2.31. The Bertz CT molecular complexity index is 384. The third kappa shape index (κ3) is 2.83. The van der Waals surface area contributed by atoms with E-state index in [1.165, 1.54) is 36.9 Å². The summed E-state index contributed by atoms with van der Waals surface area (Å²) in [6, 6.07) is 7.17. The summed E-state index contributed by atoms with van der Waals surface area (Å²) in [7, 11) is 2.20.